The van der Waals surface area contributed by atoms with Crippen LogP contribution in [0.3, 0.4) is 0 Å². The summed E-state index contributed by atoms with van der Waals surface area (Å²) in [5.41, 5.74) is 16.1. The molecule has 0 saturated carbocycles. The number of aromatic nitrogens is 3. The van der Waals surface area contributed by atoms with E-state index in [0.717, 1.165) is 44.8 Å². The molecule has 1 aliphatic carbocycles. The van der Waals surface area contributed by atoms with Gasteiger partial charge in [-0.3, -0.25) is 4.98 Å². The molecule has 6 aromatic carbocycles. The monoisotopic (exact) mass is 703 g/mol. The lowest BCUT2D eigenvalue weighted by Crippen LogP contribution is -2.28. The SMILES string of the molecule is C=C/C=C(\C=C)c1nc(-c2ccccc2)cc(-c2cccc(-c3cccc(-c4cccc5c4-c4ccccc4C5(c4ccccc4)c4ccncc4)c3)c2)n1. The zero-order valence-electron chi connectivity index (χ0n) is 30.3. The van der Waals surface area contributed by atoms with Gasteiger partial charge in [-0.2, -0.15) is 0 Å². The van der Waals surface area contributed by atoms with E-state index in [1.807, 2.05) is 36.7 Å². The Kier molecular flexibility index (Phi) is 8.74. The highest BCUT2D eigenvalue weighted by atomic mass is 14.9. The van der Waals surface area contributed by atoms with Gasteiger partial charge in [-0.25, -0.2) is 9.97 Å². The molecule has 0 N–H and O–H groups in total. The largest absolute Gasteiger partial charge is 0.265 e. The van der Waals surface area contributed by atoms with Gasteiger partial charge in [-0.15, -0.1) is 0 Å². The van der Waals surface area contributed by atoms with Gasteiger partial charge >= 0.3 is 0 Å². The van der Waals surface area contributed by atoms with E-state index in [-0.39, 0.29) is 0 Å². The molecule has 55 heavy (non-hydrogen) atoms. The number of hydrogen-bond donors (Lipinski definition) is 0. The van der Waals surface area contributed by atoms with Crippen LogP contribution in [0.1, 0.15) is 28.1 Å². The predicted molar refractivity (Wildman–Crippen MR) is 227 cm³/mol. The van der Waals surface area contributed by atoms with Crippen molar-refractivity contribution >= 4 is 5.57 Å². The highest BCUT2D eigenvalue weighted by molar-refractivity contribution is 5.96. The summed E-state index contributed by atoms with van der Waals surface area (Å²) in [5.74, 6) is 0.607. The van der Waals surface area contributed by atoms with Gasteiger partial charge in [0, 0.05) is 29.1 Å². The number of pyridine rings is 1. The zero-order chi connectivity index (χ0) is 37.2. The minimum absolute atomic E-state index is 0.487. The van der Waals surface area contributed by atoms with E-state index in [2.05, 4.69) is 170 Å². The second kappa shape index (κ2) is 14.3. The molecule has 2 aromatic heterocycles. The molecular weight excluding hydrogens is 667 g/mol. The minimum atomic E-state index is -0.487. The van der Waals surface area contributed by atoms with Crippen LogP contribution < -0.4 is 0 Å². The molecule has 0 spiro atoms. The minimum Gasteiger partial charge on any atom is -0.265 e. The Hall–Kier alpha value is -7.23. The highest BCUT2D eigenvalue weighted by Crippen LogP contribution is 2.58. The number of fused-ring (bicyclic) bond motifs is 3. The highest BCUT2D eigenvalue weighted by Gasteiger charge is 2.46. The van der Waals surface area contributed by atoms with Crippen molar-refractivity contribution in [1.29, 1.82) is 0 Å². The quantitative estimate of drug-likeness (QED) is 0.141. The molecule has 9 rings (SSSR count). The molecule has 2 heterocycles. The number of hydrogen-bond acceptors (Lipinski definition) is 3. The smallest absolute Gasteiger partial charge is 0.160 e. The van der Waals surface area contributed by atoms with Crippen LogP contribution in [-0.4, -0.2) is 15.0 Å². The van der Waals surface area contributed by atoms with Gasteiger partial charge in [-0.05, 0) is 86.0 Å². The van der Waals surface area contributed by atoms with Crippen molar-refractivity contribution in [3.8, 4) is 55.9 Å². The van der Waals surface area contributed by atoms with Crippen LogP contribution in [-0.2, 0) is 5.41 Å². The zero-order valence-corrected chi connectivity index (χ0v) is 30.3. The van der Waals surface area contributed by atoms with Crippen LogP contribution in [0.15, 0.2) is 214 Å². The van der Waals surface area contributed by atoms with Crippen molar-refractivity contribution in [2.24, 2.45) is 0 Å². The van der Waals surface area contributed by atoms with E-state index < -0.39 is 5.41 Å². The topological polar surface area (TPSA) is 38.7 Å². The van der Waals surface area contributed by atoms with Crippen molar-refractivity contribution in [3.63, 3.8) is 0 Å². The first-order chi connectivity index (χ1) is 27.2. The maximum Gasteiger partial charge on any atom is 0.160 e. The Morgan fingerprint density at radius 1 is 0.473 bits per heavy atom. The summed E-state index contributed by atoms with van der Waals surface area (Å²) in [5, 5.41) is 0. The van der Waals surface area contributed by atoms with Gasteiger partial charge in [0.2, 0.25) is 0 Å². The van der Waals surface area contributed by atoms with E-state index in [1.165, 1.54) is 38.9 Å². The summed E-state index contributed by atoms with van der Waals surface area (Å²) in [4.78, 5) is 14.4. The summed E-state index contributed by atoms with van der Waals surface area (Å²) in [6.07, 6.45) is 9.22. The van der Waals surface area contributed by atoms with E-state index in [0.29, 0.717) is 5.82 Å². The molecule has 260 valence electrons. The van der Waals surface area contributed by atoms with Crippen LogP contribution in [0.4, 0.5) is 0 Å². The van der Waals surface area contributed by atoms with Crippen molar-refractivity contribution < 1.29 is 0 Å². The third-order valence-corrected chi connectivity index (χ3v) is 10.6. The molecule has 3 nitrogen and oxygen atoms in total. The molecule has 0 aliphatic heterocycles. The van der Waals surface area contributed by atoms with Gasteiger partial charge < -0.3 is 0 Å². The Labute approximate surface area is 322 Å². The van der Waals surface area contributed by atoms with Gasteiger partial charge in [0.1, 0.15) is 0 Å². The van der Waals surface area contributed by atoms with Crippen LogP contribution >= 0.6 is 0 Å². The summed E-state index contributed by atoms with van der Waals surface area (Å²) in [7, 11) is 0. The summed E-state index contributed by atoms with van der Waals surface area (Å²) < 4.78 is 0. The van der Waals surface area contributed by atoms with Gasteiger partial charge in [-0.1, -0.05) is 171 Å². The third-order valence-electron chi connectivity index (χ3n) is 10.6. The Balaban J connectivity index is 1.18. The Morgan fingerprint density at radius 2 is 1.02 bits per heavy atom. The fourth-order valence-electron chi connectivity index (χ4n) is 8.21. The second-order valence-corrected chi connectivity index (χ2v) is 13.7. The van der Waals surface area contributed by atoms with Crippen LogP contribution in [0.2, 0.25) is 0 Å². The van der Waals surface area contributed by atoms with Crippen molar-refractivity contribution in [2.45, 2.75) is 5.41 Å². The number of nitrogens with zero attached hydrogens (tertiary/aromatic N) is 3. The van der Waals surface area contributed by atoms with Gasteiger partial charge in [0.15, 0.2) is 5.82 Å². The maximum absolute atomic E-state index is 5.04. The van der Waals surface area contributed by atoms with Gasteiger partial charge in [0.25, 0.3) is 0 Å². The van der Waals surface area contributed by atoms with Crippen LogP contribution in [0, 0.1) is 0 Å². The molecule has 1 atom stereocenters. The average Bonchev–Trinajstić information content (AvgIpc) is 3.58. The molecule has 0 saturated heterocycles. The van der Waals surface area contributed by atoms with Gasteiger partial charge in [0.05, 0.1) is 16.8 Å². The third kappa shape index (κ3) is 5.83. The lowest BCUT2D eigenvalue weighted by Gasteiger charge is -2.33. The molecule has 0 amide bonds. The molecule has 0 radical (unpaired) electrons. The summed E-state index contributed by atoms with van der Waals surface area (Å²) in [6, 6.07) is 60.7. The second-order valence-electron chi connectivity index (χ2n) is 13.7. The van der Waals surface area contributed by atoms with Crippen molar-refractivity contribution in [1.82, 2.24) is 15.0 Å². The molecule has 0 fully saturated rings. The normalized spacial score (nSPS) is 14.5. The Morgan fingerprint density at radius 3 is 1.75 bits per heavy atom. The summed E-state index contributed by atoms with van der Waals surface area (Å²) >= 11 is 0. The fourth-order valence-corrected chi connectivity index (χ4v) is 8.21. The first-order valence-electron chi connectivity index (χ1n) is 18.5. The molecule has 1 unspecified atom stereocenters. The average molecular weight is 704 g/mol. The number of rotatable bonds is 9. The first-order valence-corrected chi connectivity index (χ1v) is 18.5. The van der Waals surface area contributed by atoms with Crippen molar-refractivity contribution in [2.75, 3.05) is 0 Å². The molecule has 1 aliphatic rings. The molecule has 0 bridgehead atoms. The molecule has 8 aromatic rings. The standard InChI is InChI=1S/C52H37N3/c1-3-16-36(4-2)51-54-48(37-17-7-5-8-18-37)35-49(55-51)41-22-14-20-39(34-41)38-19-13-21-40(33-38)44-26-15-28-47-50(44)45-25-11-12-27-46(45)52(47,42-23-9-6-10-24-42)43-29-31-53-32-30-43/h3-35H,1-2H2/b36-16+. The maximum atomic E-state index is 5.04. The Bertz CT molecular complexity index is 2690. The lowest BCUT2D eigenvalue weighted by atomic mass is 9.68. The number of allylic oxidation sites excluding steroid dienone is 4. The lowest BCUT2D eigenvalue weighted by molar-refractivity contribution is 0.766. The predicted octanol–water partition coefficient (Wildman–Crippen LogP) is 12.7. The molecular formula is C52H37N3. The van der Waals surface area contributed by atoms with E-state index >= 15 is 0 Å². The van der Waals surface area contributed by atoms with E-state index in [9.17, 15) is 0 Å². The van der Waals surface area contributed by atoms with E-state index in [1.54, 1.807) is 12.2 Å². The fraction of sp³-hybridized carbons (Fsp3) is 0.0192. The number of benzene rings is 6. The summed E-state index contributed by atoms with van der Waals surface area (Å²) in [6.45, 7) is 7.91. The molecule has 3 heteroatoms. The first kappa shape index (κ1) is 33.6. The van der Waals surface area contributed by atoms with Crippen molar-refractivity contribution in [3.05, 3.63) is 242 Å². The van der Waals surface area contributed by atoms with Crippen LogP contribution in [0.5, 0.6) is 0 Å². The van der Waals surface area contributed by atoms with Crippen LogP contribution in [0.25, 0.3) is 61.5 Å². The van der Waals surface area contributed by atoms with E-state index in [4.69, 9.17) is 9.97 Å².